The number of fused-ring (bicyclic) bond motifs is 1. The average Bonchev–Trinajstić information content (AvgIpc) is 2.91. The van der Waals surface area contributed by atoms with E-state index in [9.17, 15) is 9.90 Å². The van der Waals surface area contributed by atoms with Gasteiger partial charge in [-0.2, -0.15) is 0 Å². The fourth-order valence-corrected chi connectivity index (χ4v) is 3.28. The second kappa shape index (κ2) is 4.26. The fraction of sp³-hybridized carbons (Fsp3) is 0.312. The van der Waals surface area contributed by atoms with Crippen LogP contribution in [0, 0.1) is 13.8 Å². The van der Waals surface area contributed by atoms with Crippen LogP contribution in [0.3, 0.4) is 0 Å². The number of carbonyl (C=O) groups is 1. The number of hydrogen-bond acceptors (Lipinski definition) is 1. The van der Waals surface area contributed by atoms with Crippen LogP contribution in [0.4, 0.5) is 0 Å². The van der Waals surface area contributed by atoms with Gasteiger partial charge in [-0.1, -0.05) is 24.3 Å². The van der Waals surface area contributed by atoms with Crippen LogP contribution in [-0.4, -0.2) is 15.6 Å². The molecule has 1 aromatic heterocycles. The highest BCUT2D eigenvalue weighted by atomic mass is 16.4. The van der Waals surface area contributed by atoms with E-state index in [0.29, 0.717) is 5.56 Å². The van der Waals surface area contributed by atoms with Gasteiger partial charge in [-0.25, -0.2) is 4.79 Å². The lowest BCUT2D eigenvalue weighted by Gasteiger charge is -2.19. The highest BCUT2D eigenvalue weighted by Gasteiger charge is 2.27. The Morgan fingerprint density at radius 3 is 2.74 bits per heavy atom. The Hall–Kier alpha value is -2.03. The Morgan fingerprint density at radius 2 is 2.05 bits per heavy atom. The summed E-state index contributed by atoms with van der Waals surface area (Å²) < 4.78 is 2.18. The van der Waals surface area contributed by atoms with Gasteiger partial charge in [0.05, 0.1) is 11.6 Å². The molecular weight excluding hydrogens is 238 g/mol. The number of aromatic nitrogens is 1. The van der Waals surface area contributed by atoms with Crippen LogP contribution >= 0.6 is 0 Å². The molecule has 1 atom stereocenters. The van der Waals surface area contributed by atoms with Crippen molar-refractivity contribution in [3.05, 3.63) is 58.4 Å². The van der Waals surface area contributed by atoms with E-state index in [-0.39, 0.29) is 6.04 Å². The number of carboxylic acid groups (broad SMARTS) is 1. The molecule has 0 saturated carbocycles. The Kier molecular flexibility index (Phi) is 2.70. The standard InChI is InChI=1S/C16H17NO2/c1-10-9-14(16(18)19)11(2)17(10)15-8-7-12-5-3-4-6-13(12)15/h3-6,9,15H,7-8H2,1-2H3,(H,18,19). The van der Waals surface area contributed by atoms with Gasteiger partial charge in [-0.05, 0) is 43.9 Å². The van der Waals surface area contributed by atoms with Gasteiger partial charge in [0.2, 0.25) is 0 Å². The third-order valence-electron chi connectivity index (χ3n) is 4.13. The SMILES string of the molecule is Cc1cc(C(=O)O)c(C)n1C1CCc2ccccc21. The second-order valence-electron chi connectivity index (χ2n) is 5.21. The minimum atomic E-state index is -0.842. The summed E-state index contributed by atoms with van der Waals surface area (Å²) in [6, 6.07) is 10.5. The fourth-order valence-electron chi connectivity index (χ4n) is 3.28. The van der Waals surface area contributed by atoms with Gasteiger partial charge >= 0.3 is 5.97 Å². The van der Waals surface area contributed by atoms with Crippen molar-refractivity contribution in [2.45, 2.75) is 32.7 Å². The molecule has 1 aromatic carbocycles. The number of aryl methyl sites for hydroxylation is 2. The molecule has 1 N–H and O–H groups in total. The van der Waals surface area contributed by atoms with Crippen LogP contribution in [0.2, 0.25) is 0 Å². The summed E-state index contributed by atoms with van der Waals surface area (Å²) in [5, 5.41) is 9.23. The van der Waals surface area contributed by atoms with E-state index in [1.807, 2.05) is 13.8 Å². The lowest BCUT2D eigenvalue weighted by molar-refractivity contribution is 0.0696. The minimum absolute atomic E-state index is 0.282. The third kappa shape index (κ3) is 1.77. The highest BCUT2D eigenvalue weighted by Crippen LogP contribution is 2.36. The van der Waals surface area contributed by atoms with Crippen LogP contribution in [0.5, 0.6) is 0 Å². The maximum absolute atomic E-state index is 11.2. The topological polar surface area (TPSA) is 42.2 Å². The van der Waals surface area contributed by atoms with E-state index in [1.165, 1.54) is 11.1 Å². The van der Waals surface area contributed by atoms with Crippen molar-refractivity contribution in [1.82, 2.24) is 4.57 Å². The van der Waals surface area contributed by atoms with E-state index >= 15 is 0 Å². The maximum Gasteiger partial charge on any atom is 0.337 e. The van der Waals surface area contributed by atoms with E-state index in [1.54, 1.807) is 6.07 Å². The zero-order valence-corrected chi connectivity index (χ0v) is 11.2. The molecule has 3 rings (SSSR count). The molecule has 19 heavy (non-hydrogen) atoms. The minimum Gasteiger partial charge on any atom is -0.478 e. The van der Waals surface area contributed by atoms with Crippen LogP contribution in [0.1, 0.15) is 45.3 Å². The van der Waals surface area contributed by atoms with E-state index < -0.39 is 5.97 Å². The second-order valence-corrected chi connectivity index (χ2v) is 5.21. The number of benzene rings is 1. The molecule has 0 radical (unpaired) electrons. The molecule has 0 amide bonds. The predicted octanol–water partition coefficient (Wildman–Crippen LogP) is 3.34. The summed E-state index contributed by atoms with van der Waals surface area (Å²) in [5.74, 6) is -0.842. The van der Waals surface area contributed by atoms with Crippen molar-refractivity contribution in [3.8, 4) is 0 Å². The summed E-state index contributed by atoms with van der Waals surface area (Å²) in [4.78, 5) is 11.2. The zero-order valence-electron chi connectivity index (χ0n) is 11.2. The van der Waals surface area contributed by atoms with Crippen LogP contribution in [-0.2, 0) is 6.42 Å². The molecule has 1 aliphatic carbocycles. The van der Waals surface area contributed by atoms with Crippen LogP contribution in [0.15, 0.2) is 30.3 Å². The molecular formula is C16H17NO2. The highest BCUT2D eigenvalue weighted by molar-refractivity contribution is 5.89. The van der Waals surface area contributed by atoms with E-state index in [2.05, 4.69) is 28.8 Å². The first kappa shape index (κ1) is 12.0. The molecule has 0 bridgehead atoms. The first-order valence-corrected chi connectivity index (χ1v) is 6.59. The van der Waals surface area contributed by atoms with E-state index in [4.69, 9.17) is 0 Å². The zero-order chi connectivity index (χ0) is 13.6. The summed E-state index contributed by atoms with van der Waals surface area (Å²) in [5.41, 5.74) is 5.02. The normalized spacial score (nSPS) is 17.5. The summed E-state index contributed by atoms with van der Waals surface area (Å²) >= 11 is 0. The molecule has 0 fully saturated rings. The maximum atomic E-state index is 11.2. The molecule has 2 aromatic rings. The van der Waals surface area contributed by atoms with Gasteiger partial charge in [-0.15, -0.1) is 0 Å². The van der Waals surface area contributed by atoms with Gasteiger partial charge < -0.3 is 9.67 Å². The van der Waals surface area contributed by atoms with E-state index in [0.717, 1.165) is 24.2 Å². The van der Waals surface area contributed by atoms with Crippen molar-refractivity contribution in [3.63, 3.8) is 0 Å². The smallest absolute Gasteiger partial charge is 0.337 e. The molecule has 0 spiro atoms. The lowest BCUT2D eigenvalue weighted by atomic mass is 10.1. The molecule has 0 aliphatic heterocycles. The van der Waals surface area contributed by atoms with Crippen LogP contribution in [0.25, 0.3) is 0 Å². The van der Waals surface area contributed by atoms with Crippen molar-refractivity contribution in [2.75, 3.05) is 0 Å². The first-order chi connectivity index (χ1) is 9.09. The molecule has 1 aliphatic rings. The number of nitrogens with zero attached hydrogens (tertiary/aromatic N) is 1. The van der Waals surface area contributed by atoms with Crippen molar-refractivity contribution >= 4 is 5.97 Å². The number of aromatic carboxylic acids is 1. The third-order valence-corrected chi connectivity index (χ3v) is 4.13. The monoisotopic (exact) mass is 255 g/mol. The molecule has 1 heterocycles. The average molecular weight is 255 g/mol. The van der Waals surface area contributed by atoms with Crippen molar-refractivity contribution < 1.29 is 9.90 Å². The van der Waals surface area contributed by atoms with Gasteiger partial charge in [0.25, 0.3) is 0 Å². The van der Waals surface area contributed by atoms with Crippen molar-refractivity contribution in [2.24, 2.45) is 0 Å². The number of rotatable bonds is 2. The molecule has 3 heteroatoms. The van der Waals surface area contributed by atoms with Crippen LogP contribution < -0.4 is 0 Å². The molecule has 0 saturated heterocycles. The summed E-state index contributed by atoms with van der Waals surface area (Å²) in [6.07, 6.45) is 2.12. The summed E-state index contributed by atoms with van der Waals surface area (Å²) in [7, 11) is 0. The number of carboxylic acids is 1. The largest absolute Gasteiger partial charge is 0.478 e. The Balaban J connectivity index is 2.12. The van der Waals surface area contributed by atoms with Gasteiger partial charge in [-0.3, -0.25) is 0 Å². The Labute approximate surface area is 112 Å². The van der Waals surface area contributed by atoms with Crippen molar-refractivity contribution in [1.29, 1.82) is 0 Å². The molecule has 98 valence electrons. The van der Waals surface area contributed by atoms with Gasteiger partial charge in [0, 0.05) is 11.4 Å². The molecule has 1 unspecified atom stereocenters. The van der Waals surface area contributed by atoms with Gasteiger partial charge in [0.1, 0.15) is 0 Å². The Morgan fingerprint density at radius 1 is 1.32 bits per heavy atom. The molecule has 3 nitrogen and oxygen atoms in total. The summed E-state index contributed by atoms with van der Waals surface area (Å²) in [6.45, 7) is 3.89. The van der Waals surface area contributed by atoms with Gasteiger partial charge in [0.15, 0.2) is 0 Å². The Bertz CT molecular complexity index is 655. The number of hydrogen-bond donors (Lipinski definition) is 1. The lowest BCUT2D eigenvalue weighted by Crippen LogP contribution is -2.11. The first-order valence-electron chi connectivity index (χ1n) is 6.59. The quantitative estimate of drug-likeness (QED) is 0.894. The predicted molar refractivity (Wildman–Crippen MR) is 73.8 cm³/mol.